The zero-order chi connectivity index (χ0) is 12.8. The third-order valence-corrected chi connectivity index (χ3v) is 4.10. The number of rotatable bonds is 5. The first-order valence-corrected chi connectivity index (χ1v) is 7.17. The molecule has 1 aliphatic carbocycles. The van der Waals surface area contributed by atoms with Gasteiger partial charge >= 0.3 is 0 Å². The Morgan fingerprint density at radius 2 is 1.67 bits per heavy atom. The van der Waals surface area contributed by atoms with Gasteiger partial charge in [-0.05, 0) is 42.3 Å². The van der Waals surface area contributed by atoms with E-state index in [1.165, 1.54) is 31.2 Å². The molecule has 1 aromatic rings. The van der Waals surface area contributed by atoms with E-state index in [0.717, 1.165) is 30.5 Å². The molecule has 0 unspecified atom stereocenters. The van der Waals surface area contributed by atoms with Crippen molar-refractivity contribution >= 4 is 0 Å². The van der Waals surface area contributed by atoms with Crippen molar-refractivity contribution in [2.75, 3.05) is 6.54 Å². The molecule has 2 rings (SSSR count). The fraction of sp³-hybridized carbons (Fsp3) is 0.625. The topological polar surface area (TPSA) is 32.3 Å². The molecule has 18 heavy (non-hydrogen) atoms. The van der Waals surface area contributed by atoms with Gasteiger partial charge in [-0.3, -0.25) is 0 Å². The minimum absolute atomic E-state index is 0.133. The molecule has 0 atom stereocenters. The van der Waals surface area contributed by atoms with Gasteiger partial charge in [-0.1, -0.05) is 44.0 Å². The Hall–Kier alpha value is -0.860. The fourth-order valence-electron chi connectivity index (χ4n) is 2.72. The Morgan fingerprint density at radius 3 is 2.28 bits per heavy atom. The van der Waals surface area contributed by atoms with Crippen molar-refractivity contribution in [3.8, 4) is 0 Å². The maximum absolute atomic E-state index is 8.98. The van der Waals surface area contributed by atoms with E-state index < -0.39 is 0 Å². The molecule has 0 radical (unpaired) electrons. The average molecular weight is 247 g/mol. The fourth-order valence-corrected chi connectivity index (χ4v) is 2.72. The van der Waals surface area contributed by atoms with Crippen molar-refractivity contribution in [3.05, 3.63) is 35.4 Å². The van der Waals surface area contributed by atoms with Crippen molar-refractivity contribution in [3.63, 3.8) is 0 Å². The van der Waals surface area contributed by atoms with Crippen molar-refractivity contribution < 1.29 is 5.11 Å². The van der Waals surface area contributed by atoms with Crippen LogP contribution in [0.2, 0.25) is 0 Å². The molecule has 100 valence electrons. The quantitative estimate of drug-likeness (QED) is 0.838. The zero-order valence-electron chi connectivity index (χ0n) is 11.4. The summed E-state index contributed by atoms with van der Waals surface area (Å²) in [5, 5.41) is 12.5. The summed E-state index contributed by atoms with van der Waals surface area (Å²) in [4.78, 5) is 0. The van der Waals surface area contributed by atoms with Gasteiger partial charge in [-0.2, -0.15) is 0 Å². The molecule has 0 aliphatic heterocycles. The maximum atomic E-state index is 8.98. The standard InChI is InChI=1S/C16H25NO/c1-13-2-4-14(5-3-13)10-17-11-15-6-8-16(12-18)9-7-15/h6-9,13-14,17-18H,2-5,10-12H2,1H3. The van der Waals surface area contributed by atoms with Gasteiger partial charge in [0.2, 0.25) is 0 Å². The number of aliphatic hydroxyl groups excluding tert-OH is 1. The summed E-state index contributed by atoms with van der Waals surface area (Å²) in [6, 6.07) is 8.20. The summed E-state index contributed by atoms with van der Waals surface area (Å²) in [6.07, 6.45) is 5.57. The van der Waals surface area contributed by atoms with Crippen LogP contribution in [0.5, 0.6) is 0 Å². The average Bonchev–Trinajstić information content (AvgIpc) is 2.42. The van der Waals surface area contributed by atoms with Crippen LogP contribution in [0.3, 0.4) is 0 Å². The second-order valence-electron chi connectivity index (χ2n) is 5.73. The van der Waals surface area contributed by atoms with E-state index in [1.807, 2.05) is 12.1 Å². The number of aliphatic hydroxyl groups is 1. The van der Waals surface area contributed by atoms with Crippen LogP contribution in [0.15, 0.2) is 24.3 Å². The zero-order valence-corrected chi connectivity index (χ0v) is 11.4. The van der Waals surface area contributed by atoms with Gasteiger partial charge in [0.05, 0.1) is 6.61 Å². The second kappa shape index (κ2) is 6.91. The molecule has 0 heterocycles. The lowest BCUT2D eigenvalue weighted by atomic mass is 9.83. The minimum atomic E-state index is 0.133. The van der Waals surface area contributed by atoms with Crippen LogP contribution < -0.4 is 5.32 Å². The van der Waals surface area contributed by atoms with Crippen LogP contribution in [-0.2, 0) is 13.2 Å². The monoisotopic (exact) mass is 247 g/mol. The van der Waals surface area contributed by atoms with E-state index in [2.05, 4.69) is 24.4 Å². The Morgan fingerprint density at radius 1 is 1.06 bits per heavy atom. The van der Waals surface area contributed by atoms with E-state index in [9.17, 15) is 0 Å². The normalized spacial score (nSPS) is 24.1. The maximum Gasteiger partial charge on any atom is 0.0681 e. The highest BCUT2D eigenvalue weighted by Crippen LogP contribution is 2.27. The SMILES string of the molecule is CC1CCC(CNCc2ccc(CO)cc2)CC1. The lowest BCUT2D eigenvalue weighted by Crippen LogP contribution is -2.25. The summed E-state index contributed by atoms with van der Waals surface area (Å²) in [5.41, 5.74) is 2.29. The minimum Gasteiger partial charge on any atom is -0.392 e. The lowest BCUT2D eigenvalue weighted by molar-refractivity contribution is 0.281. The summed E-state index contributed by atoms with van der Waals surface area (Å²) < 4.78 is 0. The van der Waals surface area contributed by atoms with Crippen molar-refractivity contribution in [1.29, 1.82) is 0 Å². The largest absolute Gasteiger partial charge is 0.392 e. The van der Waals surface area contributed by atoms with Crippen LogP contribution in [0, 0.1) is 11.8 Å². The predicted molar refractivity (Wildman–Crippen MR) is 75.2 cm³/mol. The van der Waals surface area contributed by atoms with Crippen molar-refractivity contribution in [1.82, 2.24) is 5.32 Å². The number of hydrogen-bond donors (Lipinski definition) is 2. The second-order valence-corrected chi connectivity index (χ2v) is 5.73. The first-order valence-electron chi connectivity index (χ1n) is 7.17. The Bertz CT molecular complexity index is 339. The van der Waals surface area contributed by atoms with E-state index >= 15 is 0 Å². The highest BCUT2D eigenvalue weighted by Gasteiger charge is 2.17. The highest BCUT2D eigenvalue weighted by atomic mass is 16.3. The molecule has 0 bridgehead atoms. The molecule has 1 saturated carbocycles. The molecule has 0 spiro atoms. The van der Waals surface area contributed by atoms with Gasteiger partial charge in [0.25, 0.3) is 0 Å². The van der Waals surface area contributed by atoms with Crippen LogP contribution in [0.4, 0.5) is 0 Å². The first-order chi connectivity index (χ1) is 8.78. The van der Waals surface area contributed by atoms with E-state index in [-0.39, 0.29) is 6.61 Å². The van der Waals surface area contributed by atoms with Gasteiger partial charge in [-0.25, -0.2) is 0 Å². The number of nitrogens with one attached hydrogen (secondary N) is 1. The van der Waals surface area contributed by atoms with Crippen molar-refractivity contribution in [2.45, 2.75) is 45.8 Å². The summed E-state index contributed by atoms with van der Waals surface area (Å²) in [5.74, 6) is 1.81. The van der Waals surface area contributed by atoms with E-state index in [1.54, 1.807) is 0 Å². The van der Waals surface area contributed by atoms with E-state index in [4.69, 9.17) is 5.11 Å². The van der Waals surface area contributed by atoms with Crippen LogP contribution in [0.25, 0.3) is 0 Å². The molecule has 0 aromatic heterocycles. The molecule has 2 heteroatoms. The third-order valence-electron chi connectivity index (χ3n) is 4.10. The van der Waals surface area contributed by atoms with Gasteiger partial charge in [0, 0.05) is 6.54 Å². The van der Waals surface area contributed by atoms with Crippen molar-refractivity contribution in [2.24, 2.45) is 11.8 Å². The molecule has 1 aromatic carbocycles. The molecular formula is C16H25NO. The first kappa shape index (κ1) is 13.6. The molecule has 1 aliphatic rings. The van der Waals surface area contributed by atoms with Crippen LogP contribution in [-0.4, -0.2) is 11.7 Å². The molecule has 0 saturated heterocycles. The van der Waals surface area contributed by atoms with Crippen LogP contribution in [0.1, 0.15) is 43.7 Å². The van der Waals surface area contributed by atoms with Gasteiger partial charge in [-0.15, -0.1) is 0 Å². The van der Waals surface area contributed by atoms with Crippen LogP contribution >= 0.6 is 0 Å². The Balaban J connectivity index is 1.68. The third kappa shape index (κ3) is 4.11. The van der Waals surface area contributed by atoms with Gasteiger partial charge in [0.15, 0.2) is 0 Å². The molecular weight excluding hydrogens is 222 g/mol. The van der Waals surface area contributed by atoms with Gasteiger partial charge < -0.3 is 10.4 Å². The summed E-state index contributed by atoms with van der Waals surface area (Å²) in [6.45, 7) is 4.59. The lowest BCUT2D eigenvalue weighted by Gasteiger charge is -2.26. The molecule has 1 fully saturated rings. The van der Waals surface area contributed by atoms with Gasteiger partial charge in [0.1, 0.15) is 0 Å². The summed E-state index contributed by atoms with van der Waals surface area (Å²) >= 11 is 0. The smallest absolute Gasteiger partial charge is 0.0681 e. The number of benzene rings is 1. The molecule has 0 amide bonds. The predicted octanol–water partition coefficient (Wildman–Crippen LogP) is 3.09. The van der Waals surface area contributed by atoms with E-state index in [0.29, 0.717) is 0 Å². The molecule has 2 nitrogen and oxygen atoms in total. The number of hydrogen-bond acceptors (Lipinski definition) is 2. The summed E-state index contributed by atoms with van der Waals surface area (Å²) in [7, 11) is 0. The molecule has 2 N–H and O–H groups in total. The highest BCUT2D eigenvalue weighted by molar-refractivity contribution is 5.21. The Labute approximate surface area is 110 Å². The Kier molecular flexibility index (Phi) is 5.21.